The van der Waals surface area contributed by atoms with Crippen LogP contribution < -0.4 is 9.47 Å². The van der Waals surface area contributed by atoms with E-state index in [-0.39, 0.29) is 11.8 Å². The quantitative estimate of drug-likeness (QED) is 0.696. The molecule has 0 spiro atoms. The van der Waals surface area contributed by atoms with Crippen LogP contribution in [0, 0.1) is 5.92 Å². The zero-order valence-electron chi connectivity index (χ0n) is 16.9. The predicted molar refractivity (Wildman–Crippen MR) is 106 cm³/mol. The number of esters is 1. The summed E-state index contributed by atoms with van der Waals surface area (Å²) < 4.78 is 16.4. The Hall–Kier alpha value is -2.63. The Bertz CT molecular complexity index is 839. The first-order chi connectivity index (χ1) is 13.5. The maximum Gasteiger partial charge on any atom is 0.315 e. The van der Waals surface area contributed by atoms with E-state index in [1.54, 1.807) is 26.4 Å². The molecule has 150 valence electrons. The molecule has 0 fully saturated rings. The molecule has 3 rings (SSSR count). The van der Waals surface area contributed by atoms with Gasteiger partial charge in [-0.15, -0.1) is 0 Å². The van der Waals surface area contributed by atoms with Crippen LogP contribution in [0.1, 0.15) is 51.0 Å². The molecule has 1 heterocycles. The second kappa shape index (κ2) is 8.59. The van der Waals surface area contributed by atoms with Gasteiger partial charge in [0.2, 0.25) is 0 Å². The molecule has 1 aromatic rings. The molecule has 6 nitrogen and oxygen atoms in total. The van der Waals surface area contributed by atoms with Crippen LogP contribution in [0.2, 0.25) is 0 Å². The number of ether oxygens (including phenoxy) is 3. The highest BCUT2D eigenvalue weighted by Gasteiger charge is 2.44. The van der Waals surface area contributed by atoms with Crippen LogP contribution in [0.4, 0.5) is 0 Å². The minimum atomic E-state index is -0.659. The van der Waals surface area contributed by atoms with Crippen molar-refractivity contribution >= 4 is 17.5 Å². The Morgan fingerprint density at radius 3 is 2.68 bits per heavy atom. The van der Waals surface area contributed by atoms with Gasteiger partial charge in [0.15, 0.2) is 5.78 Å². The second-order valence-corrected chi connectivity index (χ2v) is 7.12. The average molecular weight is 385 g/mol. The van der Waals surface area contributed by atoms with Gasteiger partial charge in [-0.3, -0.25) is 14.6 Å². The fourth-order valence-electron chi connectivity index (χ4n) is 4.02. The SMILES string of the molecule is CCCOC(=O)C1C(C)=NC2=C(C(=O)CCC2)[C@@H]1c1cc(OC)ccc1OC. The molecule has 1 aliphatic carbocycles. The fraction of sp³-hybridized carbons (Fsp3) is 0.500. The molecule has 0 bridgehead atoms. The van der Waals surface area contributed by atoms with Crippen molar-refractivity contribution in [1.29, 1.82) is 0 Å². The van der Waals surface area contributed by atoms with E-state index in [4.69, 9.17) is 14.2 Å². The molecule has 0 saturated carbocycles. The summed E-state index contributed by atoms with van der Waals surface area (Å²) >= 11 is 0. The molecule has 1 aliphatic heterocycles. The average Bonchev–Trinajstić information content (AvgIpc) is 2.70. The third-order valence-corrected chi connectivity index (χ3v) is 5.31. The van der Waals surface area contributed by atoms with E-state index in [0.717, 1.165) is 30.5 Å². The lowest BCUT2D eigenvalue weighted by atomic mass is 9.71. The lowest BCUT2D eigenvalue weighted by molar-refractivity contribution is -0.146. The Kier molecular flexibility index (Phi) is 6.17. The van der Waals surface area contributed by atoms with E-state index in [2.05, 4.69) is 4.99 Å². The van der Waals surface area contributed by atoms with Gasteiger partial charge in [-0.1, -0.05) is 6.92 Å². The Labute approximate surface area is 165 Å². The van der Waals surface area contributed by atoms with Gasteiger partial charge >= 0.3 is 5.97 Å². The minimum Gasteiger partial charge on any atom is -0.497 e. The number of methoxy groups -OCH3 is 2. The molecular weight excluding hydrogens is 358 g/mol. The number of nitrogens with zero attached hydrogens (tertiary/aromatic N) is 1. The van der Waals surface area contributed by atoms with Crippen molar-refractivity contribution in [2.75, 3.05) is 20.8 Å². The largest absolute Gasteiger partial charge is 0.497 e. The molecule has 28 heavy (non-hydrogen) atoms. The van der Waals surface area contributed by atoms with Crippen molar-refractivity contribution in [3.8, 4) is 11.5 Å². The second-order valence-electron chi connectivity index (χ2n) is 7.12. The van der Waals surface area contributed by atoms with Gasteiger partial charge in [-0.05, 0) is 44.4 Å². The molecule has 0 radical (unpaired) electrons. The first-order valence-corrected chi connectivity index (χ1v) is 9.71. The maximum atomic E-state index is 13.0. The minimum absolute atomic E-state index is 0.0423. The van der Waals surface area contributed by atoms with Crippen LogP contribution in [0.25, 0.3) is 0 Å². The molecule has 0 saturated heterocycles. The topological polar surface area (TPSA) is 74.2 Å². The molecule has 2 atom stereocenters. The maximum absolute atomic E-state index is 13.0. The van der Waals surface area contributed by atoms with Crippen molar-refractivity contribution in [1.82, 2.24) is 0 Å². The van der Waals surface area contributed by atoms with Crippen molar-refractivity contribution in [2.45, 2.75) is 45.4 Å². The summed E-state index contributed by atoms with van der Waals surface area (Å²) in [5.41, 5.74) is 2.81. The number of aliphatic imine (C=N–C) groups is 1. The number of rotatable bonds is 6. The van der Waals surface area contributed by atoms with E-state index in [1.165, 1.54) is 0 Å². The smallest absolute Gasteiger partial charge is 0.315 e. The van der Waals surface area contributed by atoms with E-state index in [9.17, 15) is 9.59 Å². The third kappa shape index (κ3) is 3.68. The third-order valence-electron chi connectivity index (χ3n) is 5.31. The predicted octanol–water partition coefficient (Wildman–Crippen LogP) is 3.84. The molecule has 0 amide bonds. The summed E-state index contributed by atoms with van der Waals surface area (Å²) in [6.07, 6.45) is 2.71. The van der Waals surface area contributed by atoms with Gasteiger partial charge in [-0.25, -0.2) is 0 Å². The van der Waals surface area contributed by atoms with Crippen LogP contribution in [0.3, 0.4) is 0 Å². The number of allylic oxidation sites excluding steroid dienone is 2. The normalized spacial score (nSPS) is 21.7. The van der Waals surface area contributed by atoms with Crippen molar-refractivity contribution in [3.05, 3.63) is 35.0 Å². The number of hydrogen-bond acceptors (Lipinski definition) is 6. The van der Waals surface area contributed by atoms with Gasteiger partial charge in [0.05, 0.1) is 20.8 Å². The zero-order valence-corrected chi connectivity index (χ0v) is 16.9. The number of hydrogen-bond donors (Lipinski definition) is 0. The van der Waals surface area contributed by atoms with Crippen LogP contribution >= 0.6 is 0 Å². The molecule has 0 N–H and O–H groups in total. The standard InChI is InChI=1S/C22H27NO5/c1-5-11-28-22(25)19-13(2)23-16-7-6-8-17(24)21(16)20(19)15-12-14(26-3)9-10-18(15)27-4/h9-10,12,19-20H,5-8,11H2,1-4H3/t19?,20-/m1/s1. The fourth-order valence-corrected chi connectivity index (χ4v) is 4.02. The molecular formula is C22H27NO5. The molecule has 1 unspecified atom stereocenters. The lowest BCUT2D eigenvalue weighted by Gasteiger charge is -2.35. The summed E-state index contributed by atoms with van der Waals surface area (Å²) in [7, 11) is 3.17. The van der Waals surface area contributed by atoms with Crippen molar-refractivity contribution < 1.29 is 23.8 Å². The number of carbonyl (C=O) groups is 2. The van der Waals surface area contributed by atoms with Crippen LogP contribution in [-0.4, -0.2) is 38.3 Å². The summed E-state index contributed by atoms with van der Waals surface area (Å²) in [5, 5.41) is 0. The van der Waals surface area contributed by atoms with Crippen LogP contribution in [0.5, 0.6) is 11.5 Å². The van der Waals surface area contributed by atoms with Crippen molar-refractivity contribution in [3.63, 3.8) is 0 Å². The lowest BCUT2D eigenvalue weighted by Crippen LogP contribution is -2.37. The first-order valence-electron chi connectivity index (χ1n) is 9.71. The highest BCUT2D eigenvalue weighted by Crippen LogP contribution is 2.46. The highest BCUT2D eigenvalue weighted by molar-refractivity contribution is 6.09. The Balaban J connectivity index is 2.19. The molecule has 0 aromatic heterocycles. The summed E-state index contributed by atoms with van der Waals surface area (Å²) in [6, 6.07) is 5.44. The Morgan fingerprint density at radius 1 is 1.21 bits per heavy atom. The molecule has 2 aliphatic rings. The van der Waals surface area contributed by atoms with E-state index in [1.807, 2.05) is 19.9 Å². The number of ketones is 1. The summed E-state index contributed by atoms with van der Waals surface area (Å²) in [4.78, 5) is 30.5. The van der Waals surface area contributed by atoms with Crippen molar-refractivity contribution in [2.24, 2.45) is 10.9 Å². The molecule has 6 heteroatoms. The number of Topliss-reactive ketones (excluding diaryl/α,β-unsaturated/α-hetero) is 1. The summed E-state index contributed by atoms with van der Waals surface area (Å²) in [6.45, 7) is 4.12. The van der Waals surface area contributed by atoms with Gasteiger partial charge in [0.1, 0.15) is 17.4 Å². The van der Waals surface area contributed by atoms with Gasteiger partial charge in [0, 0.05) is 34.9 Å². The van der Waals surface area contributed by atoms with Crippen LogP contribution in [0.15, 0.2) is 34.5 Å². The summed E-state index contributed by atoms with van der Waals surface area (Å²) in [5.74, 6) is -0.215. The van der Waals surface area contributed by atoms with E-state index in [0.29, 0.717) is 35.8 Å². The van der Waals surface area contributed by atoms with Gasteiger partial charge < -0.3 is 14.2 Å². The van der Waals surface area contributed by atoms with Crippen LogP contribution in [-0.2, 0) is 14.3 Å². The van der Waals surface area contributed by atoms with E-state index >= 15 is 0 Å². The highest BCUT2D eigenvalue weighted by atomic mass is 16.5. The van der Waals surface area contributed by atoms with E-state index < -0.39 is 11.8 Å². The van der Waals surface area contributed by atoms with Gasteiger partial charge in [0.25, 0.3) is 0 Å². The number of carbonyl (C=O) groups excluding carboxylic acids is 2. The first kappa shape index (κ1) is 20.1. The number of benzene rings is 1. The monoisotopic (exact) mass is 385 g/mol. The van der Waals surface area contributed by atoms with Gasteiger partial charge in [-0.2, -0.15) is 0 Å². The Morgan fingerprint density at radius 2 is 2.00 bits per heavy atom. The molecule has 1 aromatic carbocycles. The zero-order chi connectivity index (χ0) is 20.3.